The highest BCUT2D eigenvalue weighted by Crippen LogP contribution is 2.27. The van der Waals surface area contributed by atoms with Gasteiger partial charge in [-0.05, 0) is 43.1 Å². The van der Waals surface area contributed by atoms with Gasteiger partial charge in [0.2, 0.25) is 35.4 Å². The highest BCUT2D eigenvalue weighted by Gasteiger charge is 2.34. The summed E-state index contributed by atoms with van der Waals surface area (Å²) in [6.07, 6.45) is 4.38. The van der Waals surface area contributed by atoms with Crippen molar-refractivity contribution in [3.05, 3.63) is 35.9 Å². The number of carbonyl (C=O) groups is 7. The van der Waals surface area contributed by atoms with E-state index < -0.39 is 78.0 Å². The van der Waals surface area contributed by atoms with Crippen LogP contribution in [0, 0.1) is 11.8 Å². The number of carboxylic acid groups (broad SMARTS) is 1. The van der Waals surface area contributed by atoms with E-state index in [9.17, 15) is 38.7 Å². The predicted molar refractivity (Wildman–Crippen MR) is 186 cm³/mol. The van der Waals surface area contributed by atoms with Gasteiger partial charge in [-0.2, -0.15) is 0 Å². The molecular formula is C35H55N7O8. The van der Waals surface area contributed by atoms with Crippen LogP contribution in [0.25, 0.3) is 0 Å². The molecule has 0 heterocycles. The zero-order chi connectivity index (χ0) is 37.2. The molecule has 1 fully saturated rings. The third-order valence-electron chi connectivity index (χ3n) is 8.61. The average Bonchev–Trinajstić information content (AvgIpc) is 3.05. The van der Waals surface area contributed by atoms with E-state index in [0.717, 1.165) is 37.7 Å². The van der Waals surface area contributed by atoms with Gasteiger partial charge in [0.05, 0.1) is 6.42 Å². The molecule has 15 heteroatoms. The van der Waals surface area contributed by atoms with Crippen LogP contribution in [-0.2, 0) is 40.0 Å². The van der Waals surface area contributed by atoms with E-state index >= 15 is 0 Å². The highest BCUT2D eigenvalue weighted by atomic mass is 16.4. The van der Waals surface area contributed by atoms with Crippen molar-refractivity contribution >= 4 is 41.4 Å². The first-order valence-electron chi connectivity index (χ1n) is 17.4. The van der Waals surface area contributed by atoms with Gasteiger partial charge in [-0.25, -0.2) is 0 Å². The number of nitrogens with two attached hydrogens (primary N) is 2. The molecule has 1 aromatic rings. The number of aliphatic carboxylic acids is 1. The number of nitrogens with one attached hydrogen (secondary N) is 5. The quantitative estimate of drug-likeness (QED) is 0.0881. The molecule has 0 aliphatic heterocycles. The Bertz CT molecular complexity index is 1300. The first-order chi connectivity index (χ1) is 23.7. The Hall–Kier alpha value is -4.53. The van der Waals surface area contributed by atoms with E-state index in [1.807, 2.05) is 44.2 Å². The number of benzene rings is 1. The molecule has 1 aromatic carbocycles. The fraction of sp³-hybridized carbons (Fsp3) is 0.629. The molecule has 0 aromatic heterocycles. The van der Waals surface area contributed by atoms with Crippen LogP contribution in [0.5, 0.6) is 0 Å². The number of hydrogen-bond donors (Lipinski definition) is 8. The summed E-state index contributed by atoms with van der Waals surface area (Å²) in [6, 6.07) is 4.04. The number of primary amides is 1. The second-order valence-electron chi connectivity index (χ2n) is 13.5. The van der Waals surface area contributed by atoms with Crippen LogP contribution in [0.1, 0.15) is 90.5 Å². The Morgan fingerprint density at radius 2 is 1.34 bits per heavy atom. The van der Waals surface area contributed by atoms with Crippen LogP contribution in [0.15, 0.2) is 30.3 Å². The molecule has 0 bridgehead atoms. The van der Waals surface area contributed by atoms with Crippen molar-refractivity contribution in [1.82, 2.24) is 26.6 Å². The maximum absolute atomic E-state index is 13.8. The molecule has 10 N–H and O–H groups in total. The van der Waals surface area contributed by atoms with Gasteiger partial charge < -0.3 is 43.2 Å². The van der Waals surface area contributed by atoms with Crippen LogP contribution in [0.2, 0.25) is 0 Å². The third-order valence-corrected chi connectivity index (χ3v) is 8.61. The highest BCUT2D eigenvalue weighted by molar-refractivity contribution is 5.96. The first-order valence-corrected chi connectivity index (χ1v) is 17.4. The van der Waals surface area contributed by atoms with Gasteiger partial charge in [0, 0.05) is 25.9 Å². The van der Waals surface area contributed by atoms with Crippen LogP contribution in [0.4, 0.5) is 0 Å². The SMILES string of the molecule is CC(=O)N[C@@H](CCC(N)=O)C(=O)N[C@@H](CC1CCCCC1)C(=O)N[C@@H](CC(=O)O)C(=O)N[C@@H](CC(C)C)C(=O)N[C@H](CN)Cc1ccccc1. The summed E-state index contributed by atoms with van der Waals surface area (Å²) in [7, 11) is 0. The number of hydrogen-bond acceptors (Lipinski definition) is 8. The lowest BCUT2D eigenvalue weighted by atomic mass is 9.84. The third kappa shape index (κ3) is 15.8. The zero-order valence-electron chi connectivity index (χ0n) is 29.4. The molecule has 1 aliphatic rings. The first kappa shape index (κ1) is 41.6. The second-order valence-corrected chi connectivity index (χ2v) is 13.5. The van der Waals surface area contributed by atoms with Gasteiger partial charge in [0.1, 0.15) is 24.2 Å². The van der Waals surface area contributed by atoms with Crippen molar-refractivity contribution < 1.29 is 38.7 Å². The summed E-state index contributed by atoms with van der Waals surface area (Å²) in [4.78, 5) is 89.2. The van der Waals surface area contributed by atoms with Gasteiger partial charge in [-0.1, -0.05) is 76.3 Å². The smallest absolute Gasteiger partial charge is 0.305 e. The molecule has 6 amide bonds. The van der Waals surface area contributed by atoms with Crippen LogP contribution in [0.3, 0.4) is 0 Å². The van der Waals surface area contributed by atoms with E-state index in [1.54, 1.807) is 0 Å². The molecule has 1 aliphatic carbocycles. The van der Waals surface area contributed by atoms with E-state index in [1.165, 1.54) is 6.92 Å². The van der Waals surface area contributed by atoms with Gasteiger partial charge in [0.15, 0.2) is 0 Å². The molecule has 1 saturated carbocycles. The summed E-state index contributed by atoms with van der Waals surface area (Å²) in [5.74, 6) is -5.44. The average molecular weight is 702 g/mol. The number of rotatable bonds is 21. The molecule has 0 spiro atoms. The second kappa shape index (κ2) is 21.5. The lowest BCUT2D eigenvalue weighted by Gasteiger charge is -2.29. The molecule has 0 saturated heterocycles. The Kier molecular flexibility index (Phi) is 17.9. The Morgan fingerprint density at radius 3 is 1.90 bits per heavy atom. The van der Waals surface area contributed by atoms with Crippen molar-refractivity contribution in [3.8, 4) is 0 Å². The van der Waals surface area contributed by atoms with Crippen molar-refractivity contribution in [3.63, 3.8) is 0 Å². The van der Waals surface area contributed by atoms with Gasteiger partial charge in [0.25, 0.3) is 0 Å². The number of carboxylic acids is 1. The molecule has 5 atom stereocenters. The van der Waals surface area contributed by atoms with Crippen molar-refractivity contribution in [1.29, 1.82) is 0 Å². The number of amides is 6. The molecule has 278 valence electrons. The van der Waals surface area contributed by atoms with Crippen molar-refractivity contribution in [2.75, 3.05) is 6.54 Å². The predicted octanol–water partition coefficient (Wildman–Crippen LogP) is 0.388. The maximum atomic E-state index is 13.8. The molecule has 0 radical (unpaired) electrons. The summed E-state index contributed by atoms with van der Waals surface area (Å²) < 4.78 is 0. The van der Waals surface area contributed by atoms with Crippen molar-refractivity contribution in [2.45, 2.75) is 122 Å². The summed E-state index contributed by atoms with van der Waals surface area (Å²) in [5.41, 5.74) is 12.2. The summed E-state index contributed by atoms with van der Waals surface area (Å²) >= 11 is 0. The fourth-order valence-electron chi connectivity index (χ4n) is 6.09. The topological polar surface area (TPSA) is 252 Å². The van der Waals surface area contributed by atoms with Gasteiger partial charge in [-0.3, -0.25) is 33.6 Å². The summed E-state index contributed by atoms with van der Waals surface area (Å²) in [5, 5.41) is 22.8. The molecule has 0 unspecified atom stereocenters. The lowest BCUT2D eigenvalue weighted by molar-refractivity contribution is -0.141. The molecular weight excluding hydrogens is 646 g/mol. The Balaban J connectivity index is 2.26. The maximum Gasteiger partial charge on any atom is 0.305 e. The van der Waals surface area contributed by atoms with E-state index in [0.29, 0.717) is 6.42 Å². The molecule has 15 nitrogen and oxygen atoms in total. The van der Waals surface area contributed by atoms with Crippen molar-refractivity contribution in [2.24, 2.45) is 23.3 Å². The lowest BCUT2D eigenvalue weighted by Crippen LogP contribution is -2.59. The molecule has 50 heavy (non-hydrogen) atoms. The van der Waals surface area contributed by atoms with E-state index in [2.05, 4.69) is 26.6 Å². The Labute approximate surface area is 293 Å². The van der Waals surface area contributed by atoms with E-state index in [-0.39, 0.29) is 44.1 Å². The zero-order valence-corrected chi connectivity index (χ0v) is 29.4. The van der Waals surface area contributed by atoms with Gasteiger partial charge in [-0.15, -0.1) is 0 Å². The van der Waals surface area contributed by atoms with Crippen LogP contribution in [-0.4, -0.2) is 83.3 Å². The van der Waals surface area contributed by atoms with Gasteiger partial charge >= 0.3 is 5.97 Å². The minimum absolute atomic E-state index is 0.0368. The normalized spacial score (nSPS) is 16.2. The minimum atomic E-state index is -1.58. The summed E-state index contributed by atoms with van der Waals surface area (Å²) in [6.45, 7) is 5.07. The number of carbonyl (C=O) groups excluding carboxylic acids is 6. The minimum Gasteiger partial charge on any atom is -0.481 e. The fourth-order valence-corrected chi connectivity index (χ4v) is 6.09. The molecule has 2 rings (SSSR count). The standard InChI is InChI=1S/C35H55N7O8/c1-21(2)16-27(33(48)39-25(20-36)17-23-10-6-4-7-11-23)40-35(50)29(19-31(45)46)42-34(49)28(18-24-12-8-5-9-13-24)41-32(47)26(38-22(3)43)14-15-30(37)44/h4,6-7,10-11,21,24-29H,5,8-9,12-20,36H2,1-3H3,(H2,37,44)(H,38,43)(H,39,48)(H,40,50)(H,41,47)(H,42,49)(H,45,46)/t25-,26-,27-,28-,29-/m0/s1. The van der Waals surface area contributed by atoms with Crippen LogP contribution < -0.4 is 38.1 Å². The largest absolute Gasteiger partial charge is 0.481 e. The van der Waals surface area contributed by atoms with E-state index in [4.69, 9.17) is 11.5 Å². The van der Waals surface area contributed by atoms with Crippen LogP contribution >= 0.6 is 0 Å². The monoisotopic (exact) mass is 701 g/mol. The Morgan fingerprint density at radius 1 is 0.780 bits per heavy atom.